The van der Waals surface area contributed by atoms with E-state index < -0.39 is 0 Å². The fraction of sp³-hybridized carbons (Fsp3) is 0.846. The van der Waals surface area contributed by atoms with Crippen LogP contribution in [-0.4, -0.2) is 48.7 Å². The number of anilines is 1. The first-order valence-corrected chi connectivity index (χ1v) is 7.01. The zero-order valence-electron chi connectivity index (χ0n) is 12.4. The number of hydrogen-bond donors (Lipinski definition) is 2. The average molecular weight is 284 g/mol. The van der Waals surface area contributed by atoms with E-state index in [0.717, 1.165) is 26.0 Å². The molecule has 0 amide bonds. The lowest BCUT2D eigenvalue weighted by Crippen LogP contribution is -2.40. The van der Waals surface area contributed by atoms with Gasteiger partial charge in [-0.1, -0.05) is 5.10 Å². The second-order valence-electron chi connectivity index (χ2n) is 5.61. The van der Waals surface area contributed by atoms with E-state index in [1.807, 2.05) is 0 Å². The molecule has 0 aromatic carbocycles. The van der Waals surface area contributed by atoms with Gasteiger partial charge < -0.3 is 24.5 Å². The van der Waals surface area contributed by atoms with Crippen LogP contribution in [0.4, 0.5) is 6.01 Å². The van der Waals surface area contributed by atoms with E-state index in [2.05, 4.69) is 34.7 Å². The molecule has 0 radical (unpaired) electrons. The number of ether oxygens (including phenoxy) is 2. The van der Waals surface area contributed by atoms with E-state index in [9.17, 15) is 0 Å². The van der Waals surface area contributed by atoms with Crippen LogP contribution in [0.3, 0.4) is 0 Å². The molecule has 1 aromatic heterocycles. The minimum atomic E-state index is -0.0967. The number of rotatable bonds is 7. The summed E-state index contributed by atoms with van der Waals surface area (Å²) in [5.41, 5.74) is -0.0967. The molecule has 0 spiro atoms. The topological polar surface area (TPSA) is 81.4 Å². The van der Waals surface area contributed by atoms with Gasteiger partial charge in [-0.25, -0.2) is 0 Å². The molecule has 1 unspecified atom stereocenters. The van der Waals surface area contributed by atoms with Crippen LogP contribution in [0.1, 0.15) is 32.6 Å². The highest BCUT2D eigenvalue weighted by Gasteiger charge is 2.29. The summed E-state index contributed by atoms with van der Waals surface area (Å²) in [5, 5.41) is 14.5. The molecular weight excluding hydrogens is 260 g/mol. The highest BCUT2D eigenvalue weighted by molar-refractivity contribution is 5.20. The van der Waals surface area contributed by atoms with Crippen LogP contribution in [0.5, 0.6) is 0 Å². The normalized spacial score (nSPS) is 21.9. The fourth-order valence-electron chi connectivity index (χ4n) is 2.28. The lowest BCUT2D eigenvalue weighted by molar-refractivity contribution is -0.0555. The molecule has 2 rings (SSSR count). The van der Waals surface area contributed by atoms with Crippen molar-refractivity contribution in [1.82, 2.24) is 15.5 Å². The van der Waals surface area contributed by atoms with Gasteiger partial charge in [-0.2, -0.15) is 0 Å². The summed E-state index contributed by atoms with van der Waals surface area (Å²) < 4.78 is 16.2. The smallest absolute Gasteiger partial charge is 0.315 e. The van der Waals surface area contributed by atoms with E-state index in [1.165, 1.54) is 0 Å². The van der Waals surface area contributed by atoms with Crippen LogP contribution < -0.4 is 10.6 Å². The molecule has 2 heterocycles. The first-order valence-electron chi connectivity index (χ1n) is 7.01. The molecule has 0 aliphatic carbocycles. The Hall–Kier alpha value is -1.18. The van der Waals surface area contributed by atoms with Crippen molar-refractivity contribution in [1.29, 1.82) is 0 Å². The van der Waals surface area contributed by atoms with Crippen molar-refractivity contribution in [2.24, 2.45) is 0 Å². The lowest BCUT2D eigenvalue weighted by atomic mass is 9.94. The molecule has 7 nitrogen and oxygen atoms in total. The van der Waals surface area contributed by atoms with E-state index in [4.69, 9.17) is 13.9 Å². The molecule has 0 bridgehead atoms. The quantitative estimate of drug-likeness (QED) is 0.727. The zero-order chi connectivity index (χ0) is 14.4. The second-order valence-corrected chi connectivity index (χ2v) is 5.61. The molecule has 1 aromatic rings. The highest BCUT2D eigenvalue weighted by atomic mass is 16.5. The third-order valence-electron chi connectivity index (χ3n) is 3.25. The summed E-state index contributed by atoms with van der Waals surface area (Å²) in [6.07, 6.45) is 1.88. The molecule has 7 heteroatoms. The molecule has 1 aliphatic rings. The SMILES string of the molecule is COCCNCc1nnc(NC2CCOC(C)(C)C2)o1. The van der Waals surface area contributed by atoms with Crippen LogP contribution in [0.15, 0.2) is 4.42 Å². The molecule has 2 N–H and O–H groups in total. The number of nitrogens with zero attached hydrogens (tertiary/aromatic N) is 2. The number of nitrogens with one attached hydrogen (secondary N) is 2. The van der Waals surface area contributed by atoms with Gasteiger partial charge in [0.2, 0.25) is 5.89 Å². The van der Waals surface area contributed by atoms with Crippen molar-refractivity contribution in [3.63, 3.8) is 0 Å². The maximum Gasteiger partial charge on any atom is 0.315 e. The van der Waals surface area contributed by atoms with Crippen molar-refractivity contribution in [2.75, 3.05) is 32.2 Å². The molecule has 1 atom stereocenters. The van der Waals surface area contributed by atoms with E-state index >= 15 is 0 Å². The molecule has 114 valence electrons. The summed E-state index contributed by atoms with van der Waals surface area (Å²) in [6, 6.07) is 0.796. The van der Waals surface area contributed by atoms with Crippen molar-refractivity contribution in [3.8, 4) is 0 Å². The summed E-state index contributed by atoms with van der Waals surface area (Å²) in [7, 11) is 1.67. The van der Waals surface area contributed by atoms with Crippen LogP contribution in [0, 0.1) is 0 Å². The van der Waals surface area contributed by atoms with E-state index in [0.29, 0.717) is 31.1 Å². The van der Waals surface area contributed by atoms with Crippen LogP contribution in [0.2, 0.25) is 0 Å². The average Bonchev–Trinajstić information content (AvgIpc) is 2.81. The van der Waals surface area contributed by atoms with Gasteiger partial charge in [0.25, 0.3) is 0 Å². The lowest BCUT2D eigenvalue weighted by Gasteiger charge is -2.35. The third kappa shape index (κ3) is 4.73. The summed E-state index contributed by atoms with van der Waals surface area (Å²) >= 11 is 0. The van der Waals surface area contributed by atoms with Crippen molar-refractivity contribution < 1.29 is 13.9 Å². The summed E-state index contributed by atoms with van der Waals surface area (Å²) in [6.45, 7) is 6.92. The van der Waals surface area contributed by atoms with Crippen LogP contribution in [-0.2, 0) is 16.0 Å². The number of methoxy groups -OCH3 is 1. The first-order chi connectivity index (χ1) is 9.59. The third-order valence-corrected chi connectivity index (χ3v) is 3.25. The Morgan fingerprint density at radius 3 is 3.00 bits per heavy atom. The Labute approximate surface area is 119 Å². The maximum absolute atomic E-state index is 5.69. The van der Waals surface area contributed by atoms with Crippen LogP contribution in [0.25, 0.3) is 0 Å². The van der Waals surface area contributed by atoms with Gasteiger partial charge in [-0.05, 0) is 26.7 Å². The zero-order valence-corrected chi connectivity index (χ0v) is 12.4. The van der Waals surface area contributed by atoms with Gasteiger partial charge in [-0.3, -0.25) is 0 Å². The molecule has 20 heavy (non-hydrogen) atoms. The number of hydrogen-bond acceptors (Lipinski definition) is 7. The predicted octanol–water partition coefficient (Wildman–Crippen LogP) is 1.18. The Bertz CT molecular complexity index is 408. The maximum atomic E-state index is 5.69. The van der Waals surface area contributed by atoms with Gasteiger partial charge in [0.1, 0.15) is 0 Å². The summed E-state index contributed by atoms with van der Waals surface area (Å²) in [5.74, 6) is 0.579. The number of aromatic nitrogens is 2. The Kier molecular flexibility index (Phi) is 5.33. The molecule has 1 fully saturated rings. The second kappa shape index (κ2) is 7.01. The van der Waals surface area contributed by atoms with E-state index in [1.54, 1.807) is 7.11 Å². The summed E-state index contributed by atoms with van der Waals surface area (Å²) in [4.78, 5) is 0. The van der Waals surface area contributed by atoms with Gasteiger partial charge >= 0.3 is 6.01 Å². The monoisotopic (exact) mass is 284 g/mol. The van der Waals surface area contributed by atoms with Gasteiger partial charge in [0, 0.05) is 26.3 Å². The Balaban J connectivity index is 1.77. The van der Waals surface area contributed by atoms with Gasteiger partial charge in [0.15, 0.2) is 0 Å². The molecule has 1 aliphatic heterocycles. The van der Waals surface area contributed by atoms with Gasteiger partial charge in [0.05, 0.1) is 18.8 Å². The van der Waals surface area contributed by atoms with Gasteiger partial charge in [-0.15, -0.1) is 5.10 Å². The molecule has 0 saturated carbocycles. The standard InChI is InChI=1S/C13H24N4O3/c1-13(2)8-10(4-6-19-13)15-12-17-16-11(20-12)9-14-5-7-18-3/h10,14H,4-9H2,1-3H3,(H,15,17). The Morgan fingerprint density at radius 1 is 1.40 bits per heavy atom. The van der Waals surface area contributed by atoms with Crippen molar-refractivity contribution >= 4 is 6.01 Å². The molecular formula is C13H24N4O3. The largest absolute Gasteiger partial charge is 0.407 e. The Morgan fingerprint density at radius 2 is 2.25 bits per heavy atom. The van der Waals surface area contributed by atoms with Crippen LogP contribution >= 0.6 is 0 Å². The highest BCUT2D eigenvalue weighted by Crippen LogP contribution is 2.25. The minimum Gasteiger partial charge on any atom is -0.407 e. The first kappa shape index (κ1) is 15.2. The van der Waals surface area contributed by atoms with Crippen molar-refractivity contribution in [2.45, 2.75) is 44.9 Å². The minimum absolute atomic E-state index is 0.0967. The molecule has 1 saturated heterocycles. The fourth-order valence-corrected chi connectivity index (χ4v) is 2.28. The van der Waals surface area contributed by atoms with Crippen molar-refractivity contribution in [3.05, 3.63) is 5.89 Å². The van der Waals surface area contributed by atoms with E-state index in [-0.39, 0.29) is 5.60 Å². The predicted molar refractivity (Wildman–Crippen MR) is 74.6 cm³/mol.